The van der Waals surface area contributed by atoms with Gasteiger partial charge in [-0.2, -0.15) is 0 Å². The quantitative estimate of drug-likeness (QED) is 0.807. The molecule has 0 heterocycles. The minimum atomic E-state index is -0.508. The van der Waals surface area contributed by atoms with Crippen molar-refractivity contribution in [2.45, 2.75) is 13.8 Å². The van der Waals surface area contributed by atoms with Crippen LogP contribution in [0.5, 0.6) is 0 Å². The Kier molecular flexibility index (Phi) is 8.05. The van der Waals surface area contributed by atoms with Gasteiger partial charge in [-0.15, -0.1) is 0 Å². The summed E-state index contributed by atoms with van der Waals surface area (Å²) >= 11 is 0. The van der Waals surface area contributed by atoms with Gasteiger partial charge in [-0.3, -0.25) is 0 Å². The van der Waals surface area contributed by atoms with Gasteiger partial charge in [0.15, 0.2) is 0 Å². The third kappa shape index (κ3) is 5.79. The molecule has 0 aliphatic rings. The Bertz CT molecular complexity index is 515. The summed E-state index contributed by atoms with van der Waals surface area (Å²) in [4.78, 5) is 23.1. The number of hydrogen-bond donors (Lipinski definition) is 0. The highest BCUT2D eigenvalue weighted by Crippen LogP contribution is 2.11. The Hall–Kier alpha value is -2.62. The van der Waals surface area contributed by atoms with Crippen LogP contribution in [0.2, 0.25) is 0 Å². The average Bonchev–Trinajstić information content (AvgIpc) is 2.57. The smallest absolute Gasteiger partial charge is 0.338 e. The fraction of sp³-hybridized carbons (Fsp3) is 0.222. The number of benzene rings is 2. The van der Waals surface area contributed by atoms with Gasteiger partial charge in [-0.05, 0) is 26.0 Å². The van der Waals surface area contributed by atoms with E-state index in [0.717, 1.165) is 0 Å². The third-order valence-corrected chi connectivity index (χ3v) is 2.58. The third-order valence-electron chi connectivity index (χ3n) is 2.58. The minimum Gasteiger partial charge on any atom is -0.462 e. The van der Waals surface area contributed by atoms with Crippen molar-refractivity contribution in [2.24, 2.45) is 0 Å². The largest absolute Gasteiger partial charge is 0.462 e. The normalized spacial score (nSPS) is 9.18. The molecule has 0 radical (unpaired) electrons. The number of ether oxygens (including phenoxy) is 2. The van der Waals surface area contributed by atoms with Crippen molar-refractivity contribution in [3.63, 3.8) is 0 Å². The minimum absolute atomic E-state index is 0.239. The first-order valence-electron chi connectivity index (χ1n) is 7.14. The van der Waals surface area contributed by atoms with Crippen LogP contribution < -0.4 is 0 Å². The molecule has 2 aromatic carbocycles. The Morgan fingerprint density at radius 2 is 1.00 bits per heavy atom. The Morgan fingerprint density at radius 3 is 1.27 bits per heavy atom. The molecule has 0 saturated heterocycles. The van der Waals surface area contributed by atoms with E-state index < -0.39 is 11.9 Å². The van der Waals surface area contributed by atoms with Gasteiger partial charge in [0.2, 0.25) is 0 Å². The zero-order chi connectivity index (χ0) is 16.2. The maximum atomic E-state index is 11.5. The second-order valence-electron chi connectivity index (χ2n) is 4.14. The van der Waals surface area contributed by atoms with Crippen molar-refractivity contribution in [2.75, 3.05) is 13.2 Å². The van der Waals surface area contributed by atoms with Gasteiger partial charge in [0, 0.05) is 0 Å². The molecule has 0 fully saturated rings. The maximum absolute atomic E-state index is 11.5. The lowest BCUT2D eigenvalue weighted by Crippen LogP contribution is -2.13. The zero-order valence-corrected chi connectivity index (χ0v) is 12.8. The predicted molar refractivity (Wildman–Crippen MR) is 84.8 cm³/mol. The molecule has 0 bridgehead atoms. The molecule has 2 rings (SSSR count). The van der Waals surface area contributed by atoms with Crippen molar-refractivity contribution in [1.82, 2.24) is 0 Å². The molecule has 0 saturated carbocycles. The fourth-order valence-corrected chi connectivity index (χ4v) is 1.64. The van der Waals surface area contributed by atoms with Crippen LogP contribution in [0.4, 0.5) is 0 Å². The summed E-state index contributed by atoms with van der Waals surface area (Å²) in [5.41, 5.74) is 0.477. The monoisotopic (exact) mass is 300 g/mol. The highest BCUT2D eigenvalue weighted by molar-refractivity contribution is 6.03. The molecule has 0 aliphatic carbocycles. The molecular formula is C18H20O4. The van der Waals surface area contributed by atoms with Crippen molar-refractivity contribution in [3.05, 3.63) is 71.8 Å². The SMILES string of the molecule is CCOC(=O)c1ccccc1C(=O)OCC.c1ccccc1. The van der Waals surface area contributed by atoms with Gasteiger partial charge < -0.3 is 9.47 Å². The lowest BCUT2D eigenvalue weighted by molar-refractivity contribution is 0.0479. The van der Waals surface area contributed by atoms with E-state index in [-0.39, 0.29) is 24.3 Å². The van der Waals surface area contributed by atoms with Crippen molar-refractivity contribution in [1.29, 1.82) is 0 Å². The lowest BCUT2D eigenvalue weighted by Gasteiger charge is -2.07. The topological polar surface area (TPSA) is 52.6 Å². The van der Waals surface area contributed by atoms with Gasteiger partial charge >= 0.3 is 11.9 Å². The van der Waals surface area contributed by atoms with Crippen LogP contribution >= 0.6 is 0 Å². The highest BCUT2D eigenvalue weighted by Gasteiger charge is 2.17. The van der Waals surface area contributed by atoms with E-state index in [2.05, 4.69) is 0 Å². The molecule has 0 unspecified atom stereocenters. The van der Waals surface area contributed by atoms with Crippen LogP contribution in [0.1, 0.15) is 34.6 Å². The summed E-state index contributed by atoms with van der Waals surface area (Å²) in [7, 11) is 0. The standard InChI is InChI=1S/C12H14O4.C6H6/c1-3-15-11(13)9-7-5-6-8-10(9)12(14)16-4-2;1-2-4-6-5-3-1/h5-8H,3-4H2,1-2H3;1-6H. The second kappa shape index (κ2) is 10.2. The number of carbonyl (C=O) groups is 2. The summed E-state index contributed by atoms with van der Waals surface area (Å²) in [6.45, 7) is 3.97. The van der Waals surface area contributed by atoms with E-state index in [9.17, 15) is 9.59 Å². The molecule has 116 valence electrons. The summed E-state index contributed by atoms with van der Waals surface area (Å²) in [5, 5.41) is 0. The molecule has 0 spiro atoms. The van der Waals surface area contributed by atoms with Gasteiger partial charge in [0.05, 0.1) is 24.3 Å². The van der Waals surface area contributed by atoms with Gasteiger partial charge in [-0.25, -0.2) is 9.59 Å². The van der Waals surface area contributed by atoms with E-state index in [1.165, 1.54) is 0 Å². The first-order chi connectivity index (χ1) is 10.7. The Balaban J connectivity index is 0.000000335. The Morgan fingerprint density at radius 1 is 0.682 bits per heavy atom. The first kappa shape index (κ1) is 17.4. The van der Waals surface area contributed by atoms with Crippen LogP contribution in [0.3, 0.4) is 0 Å². The second-order valence-corrected chi connectivity index (χ2v) is 4.14. The summed E-state index contributed by atoms with van der Waals surface area (Å²) in [6, 6.07) is 18.4. The maximum Gasteiger partial charge on any atom is 0.338 e. The number of carbonyl (C=O) groups excluding carboxylic acids is 2. The van der Waals surface area contributed by atoms with Gasteiger partial charge in [0.25, 0.3) is 0 Å². The van der Waals surface area contributed by atoms with Crippen LogP contribution in [-0.2, 0) is 9.47 Å². The summed E-state index contributed by atoms with van der Waals surface area (Å²) in [5.74, 6) is -1.02. The molecule has 4 heteroatoms. The predicted octanol–water partition coefficient (Wildman–Crippen LogP) is 3.73. The van der Waals surface area contributed by atoms with Crippen molar-refractivity contribution >= 4 is 11.9 Å². The van der Waals surface area contributed by atoms with E-state index >= 15 is 0 Å². The number of esters is 2. The molecular weight excluding hydrogens is 280 g/mol. The van der Waals surface area contributed by atoms with Crippen LogP contribution in [0, 0.1) is 0 Å². The van der Waals surface area contributed by atoms with Crippen LogP contribution in [0.25, 0.3) is 0 Å². The molecule has 0 aromatic heterocycles. The zero-order valence-electron chi connectivity index (χ0n) is 12.8. The molecule has 4 nitrogen and oxygen atoms in total. The number of rotatable bonds is 4. The van der Waals surface area contributed by atoms with Crippen LogP contribution in [-0.4, -0.2) is 25.2 Å². The van der Waals surface area contributed by atoms with E-state index in [4.69, 9.17) is 9.47 Å². The molecule has 0 amide bonds. The molecule has 0 aliphatic heterocycles. The molecule has 2 aromatic rings. The summed E-state index contributed by atoms with van der Waals surface area (Å²) < 4.78 is 9.70. The first-order valence-corrected chi connectivity index (χ1v) is 7.14. The van der Waals surface area contributed by atoms with E-state index in [1.807, 2.05) is 36.4 Å². The lowest BCUT2D eigenvalue weighted by atomic mass is 10.1. The Labute approximate surface area is 130 Å². The summed E-state index contributed by atoms with van der Waals surface area (Å²) in [6.07, 6.45) is 0. The average molecular weight is 300 g/mol. The number of hydrogen-bond acceptors (Lipinski definition) is 4. The van der Waals surface area contributed by atoms with Gasteiger partial charge in [-0.1, -0.05) is 48.5 Å². The van der Waals surface area contributed by atoms with Gasteiger partial charge in [0.1, 0.15) is 0 Å². The van der Waals surface area contributed by atoms with E-state index in [1.54, 1.807) is 38.1 Å². The van der Waals surface area contributed by atoms with Crippen molar-refractivity contribution in [3.8, 4) is 0 Å². The van der Waals surface area contributed by atoms with Crippen LogP contribution in [0.15, 0.2) is 60.7 Å². The molecule has 0 atom stereocenters. The molecule has 0 N–H and O–H groups in total. The van der Waals surface area contributed by atoms with E-state index in [0.29, 0.717) is 0 Å². The highest BCUT2D eigenvalue weighted by atomic mass is 16.5. The van der Waals surface area contributed by atoms with Crippen molar-refractivity contribution < 1.29 is 19.1 Å². The molecule has 22 heavy (non-hydrogen) atoms. The fourth-order valence-electron chi connectivity index (χ4n) is 1.64.